The number of esters is 1. The van der Waals surface area contributed by atoms with Gasteiger partial charge in [0.1, 0.15) is 6.20 Å². The zero-order valence-electron chi connectivity index (χ0n) is 12.6. The molecule has 0 radical (unpaired) electrons. The molecule has 2 aromatic rings. The number of benzene rings is 1. The summed E-state index contributed by atoms with van der Waals surface area (Å²) < 4.78 is 9.69. The Labute approximate surface area is 136 Å². The van der Waals surface area contributed by atoms with Gasteiger partial charge >= 0.3 is 11.8 Å². The first-order chi connectivity index (χ1) is 11.5. The van der Waals surface area contributed by atoms with Crippen molar-refractivity contribution in [3.05, 3.63) is 58.3 Å². The smallest absolute Gasteiger partial charge is 0.406 e. The van der Waals surface area contributed by atoms with Crippen molar-refractivity contribution in [1.82, 2.24) is 4.98 Å². The minimum absolute atomic E-state index is 0.0984. The molecule has 0 saturated heterocycles. The average molecular weight is 331 g/mol. The van der Waals surface area contributed by atoms with Crippen molar-refractivity contribution in [3.63, 3.8) is 0 Å². The molecule has 1 amide bonds. The minimum Gasteiger partial charge on any atom is -0.476 e. The number of anilines is 1. The number of nitrogens with one attached hydrogen (secondary N) is 1. The third kappa shape index (κ3) is 4.26. The molecule has 1 N–H and O–H groups in total. The van der Waals surface area contributed by atoms with E-state index in [9.17, 15) is 19.7 Å². The molecule has 0 aliphatic carbocycles. The van der Waals surface area contributed by atoms with Gasteiger partial charge in [0.15, 0.2) is 6.61 Å². The average Bonchev–Trinajstić information content (AvgIpc) is 2.60. The highest BCUT2D eigenvalue weighted by Crippen LogP contribution is 2.22. The van der Waals surface area contributed by atoms with E-state index in [0.29, 0.717) is 11.3 Å². The van der Waals surface area contributed by atoms with Crippen LogP contribution in [0.2, 0.25) is 0 Å². The Morgan fingerprint density at radius 1 is 1.25 bits per heavy atom. The monoisotopic (exact) mass is 331 g/mol. The van der Waals surface area contributed by atoms with Crippen molar-refractivity contribution in [1.29, 1.82) is 0 Å². The second kappa shape index (κ2) is 7.68. The lowest BCUT2D eigenvalue weighted by molar-refractivity contribution is -0.390. The number of nitro groups is 1. The van der Waals surface area contributed by atoms with Crippen LogP contribution in [-0.2, 0) is 9.53 Å². The molecule has 0 aliphatic heterocycles. The van der Waals surface area contributed by atoms with Gasteiger partial charge in [0.25, 0.3) is 5.91 Å². The van der Waals surface area contributed by atoms with Crippen molar-refractivity contribution < 1.29 is 24.0 Å². The highest BCUT2D eigenvalue weighted by Gasteiger charge is 2.16. The number of methoxy groups -OCH3 is 1. The number of aromatic nitrogens is 1. The van der Waals surface area contributed by atoms with Crippen LogP contribution in [-0.4, -0.2) is 35.5 Å². The first kappa shape index (κ1) is 16.9. The normalized spacial score (nSPS) is 9.88. The van der Waals surface area contributed by atoms with Crippen LogP contribution in [0.25, 0.3) is 0 Å². The number of nitrogens with zero attached hydrogens (tertiary/aromatic N) is 2. The predicted octanol–water partition coefficient (Wildman–Crippen LogP) is 1.79. The van der Waals surface area contributed by atoms with Crippen molar-refractivity contribution in [2.45, 2.75) is 0 Å². The lowest BCUT2D eigenvalue weighted by Gasteiger charge is -2.08. The SMILES string of the molecule is COC(=O)c1ccc(NC(=O)COc2cccnc2[N+](=O)[O-])cc1. The number of pyridine rings is 1. The maximum Gasteiger partial charge on any atom is 0.406 e. The zero-order chi connectivity index (χ0) is 17.5. The van der Waals surface area contributed by atoms with Gasteiger partial charge < -0.3 is 24.9 Å². The van der Waals surface area contributed by atoms with E-state index in [-0.39, 0.29) is 5.75 Å². The summed E-state index contributed by atoms with van der Waals surface area (Å²) in [6, 6.07) is 8.85. The van der Waals surface area contributed by atoms with E-state index in [1.165, 1.54) is 49.7 Å². The van der Waals surface area contributed by atoms with Gasteiger partial charge in [-0.05, 0) is 46.3 Å². The van der Waals surface area contributed by atoms with E-state index >= 15 is 0 Å². The molecule has 1 aromatic heterocycles. The Bertz CT molecular complexity index is 760. The van der Waals surface area contributed by atoms with Gasteiger partial charge in [-0.25, -0.2) is 4.79 Å². The Morgan fingerprint density at radius 2 is 1.96 bits per heavy atom. The van der Waals surface area contributed by atoms with Crippen LogP contribution in [0, 0.1) is 10.1 Å². The van der Waals surface area contributed by atoms with E-state index in [1.807, 2.05) is 0 Å². The quantitative estimate of drug-likeness (QED) is 0.486. The summed E-state index contributed by atoms with van der Waals surface area (Å²) in [6.45, 7) is -0.425. The molecule has 0 fully saturated rings. The molecule has 124 valence electrons. The van der Waals surface area contributed by atoms with Crippen molar-refractivity contribution in [2.24, 2.45) is 0 Å². The van der Waals surface area contributed by atoms with Gasteiger partial charge in [0.2, 0.25) is 5.75 Å². The second-order valence-electron chi connectivity index (χ2n) is 4.49. The van der Waals surface area contributed by atoms with Gasteiger partial charge in [-0.2, -0.15) is 0 Å². The van der Waals surface area contributed by atoms with Crippen molar-refractivity contribution >= 4 is 23.4 Å². The first-order valence-electron chi connectivity index (χ1n) is 6.71. The summed E-state index contributed by atoms with van der Waals surface area (Å²) in [7, 11) is 1.27. The fraction of sp³-hybridized carbons (Fsp3) is 0.133. The van der Waals surface area contributed by atoms with Crippen LogP contribution in [0.5, 0.6) is 5.75 Å². The molecule has 9 heteroatoms. The molecular weight excluding hydrogens is 318 g/mol. The fourth-order valence-electron chi connectivity index (χ4n) is 1.78. The second-order valence-corrected chi connectivity index (χ2v) is 4.49. The molecule has 0 spiro atoms. The third-order valence-corrected chi connectivity index (χ3v) is 2.87. The molecule has 0 bridgehead atoms. The van der Waals surface area contributed by atoms with Gasteiger partial charge in [0.05, 0.1) is 12.7 Å². The summed E-state index contributed by atoms with van der Waals surface area (Å²) in [4.78, 5) is 36.8. The van der Waals surface area contributed by atoms with E-state index in [0.717, 1.165) is 0 Å². The number of carbonyl (C=O) groups excluding carboxylic acids is 2. The molecule has 0 atom stereocenters. The largest absolute Gasteiger partial charge is 0.476 e. The van der Waals surface area contributed by atoms with Gasteiger partial charge in [-0.3, -0.25) is 4.79 Å². The van der Waals surface area contributed by atoms with Gasteiger partial charge in [-0.15, -0.1) is 0 Å². The predicted molar refractivity (Wildman–Crippen MR) is 82.8 cm³/mol. The van der Waals surface area contributed by atoms with Crippen molar-refractivity contribution in [3.8, 4) is 5.75 Å². The number of amides is 1. The van der Waals surface area contributed by atoms with Crippen LogP contribution in [0.1, 0.15) is 10.4 Å². The van der Waals surface area contributed by atoms with E-state index in [2.05, 4.69) is 15.0 Å². The first-order valence-corrected chi connectivity index (χ1v) is 6.71. The Morgan fingerprint density at radius 3 is 2.58 bits per heavy atom. The molecule has 2 rings (SSSR count). The summed E-state index contributed by atoms with van der Waals surface area (Å²) in [5.41, 5.74) is 0.787. The van der Waals surface area contributed by atoms with Crippen LogP contribution in [0.15, 0.2) is 42.6 Å². The number of rotatable bonds is 6. The molecule has 0 saturated carbocycles. The lowest BCUT2D eigenvalue weighted by atomic mass is 10.2. The highest BCUT2D eigenvalue weighted by atomic mass is 16.6. The van der Waals surface area contributed by atoms with Crippen LogP contribution >= 0.6 is 0 Å². The van der Waals surface area contributed by atoms with Crippen LogP contribution in [0.3, 0.4) is 0 Å². The minimum atomic E-state index is -0.696. The van der Waals surface area contributed by atoms with E-state index < -0.39 is 29.2 Å². The maximum atomic E-state index is 11.8. The fourth-order valence-corrected chi connectivity index (χ4v) is 1.78. The zero-order valence-corrected chi connectivity index (χ0v) is 12.6. The Hall–Kier alpha value is -3.49. The molecule has 1 aromatic carbocycles. The topological polar surface area (TPSA) is 121 Å². The van der Waals surface area contributed by atoms with Gasteiger partial charge in [0, 0.05) is 5.69 Å². The number of ether oxygens (including phenoxy) is 2. The van der Waals surface area contributed by atoms with Crippen LogP contribution < -0.4 is 10.1 Å². The molecular formula is C15H13N3O6. The summed E-state index contributed by atoms with van der Waals surface area (Å²) in [5, 5.41) is 13.3. The molecule has 9 nitrogen and oxygen atoms in total. The molecule has 0 unspecified atom stereocenters. The molecule has 1 heterocycles. The summed E-state index contributed by atoms with van der Waals surface area (Å²) >= 11 is 0. The Balaban J connectivity index is 1.94. The standard InChI is InChI=1S/C15H13N3O6/c1-23-15(20)10-4-6-11(7-5-10)17-13(19)9-24-12-3-2-8-16-14(12)18(21)22/h2-8H,9H2,1H3,(H,17,19). The van der Waals surface area contributed by atoms with Crippen LogP contribution in [0.4, 0.5) is 11.5 Å². The summed E-state index contributed by atoms with van der Waals surface area (Å²) in [5.74, 6) is -1.56. The number of hydrogen-bond donors (Lipinski definition) is 1. The molecule has 24 heavy (non-hydrogen) atoms. The Kier molecular flexibility index (Phi) is 5.40. The number of carbonyl (C=O) groups is 2. The number of hydrogen-bond acceptors (Lipinski definition) is 7. The maximum absolute atomic E-state index is 11.8. The van der Waals surface area contributed by atoms with E-state index in [1.54, 1.807) is 0 Å². The lowest BCUT2D eigenvalue weighted by Crippen LogP contribution is -2.20. The third-order valence-electron chi connectivity index (χ3n) is 2.87. The van der Waals surface area contributed by atoms with E-state index in [4.69, 9.17) is 4.74 Å². The van der Waals surface area contributed by atoms with Gasteiger partial charge in [-0.1, -0.05) is 0 Å². The summed E-state index contributed by atoms with van der Waals surface area (Å²) in [6.07, 6.45) is 1.26. The van der Waals surface area contributed by atoms with Crippen molar-refractivity contribution in [2.75, 3.05) is 19.0 Å². The molecule has 0 aliphatic rings. The highest BCUT2D eigenvalue weighted by molar-refractivity contribution is 5.93.